The van der Waals surface area contributed by atoms with Crippen LogP contribution < -0.4 is 24.3 Å². The van der Waals surface area contributed by atoms with Crippen LogP contribution in [0.25, 0.3) is 11.3 Å². The predicted octanol–water partition coefficient (Wildman–Crippen LogP) is 5.00. The molecule has 0 aliphatic carbocycles. The molecule has 3 aromatic carbocycles. The number of rotatable bonds is 17. The van der Waals surface area contributed by atoms with Crippen molar-refractivity contribution in [2.45, 2.75) is 6.54 Å². The second-order valence-corrected chi connectivity index (χ2v) is 9.21. The fourth-order valence-electron chi connectivity index (χ4n) is 3.97. The summed E-state index contributed by atoms with van der Waals surface area (Å²) in [4.78, 5) is 2.27. The summed E-state index contributed by atoms with van der Waals surface area (Å²) in [6, 6.07) is 23.0. The van der Waals surface area contributed by atoms with Gasteiger partial charge in [-0.05, 0) is 86.9 Å². The van der Waals surface area contributed by atoms with Gasteiger partial charge in [0.1, 0.15) is 48.6 Å². The number of benzene rings is 3. The van der Waals surface area contributed by atoms with E-state index >= 15 is 0 Å². The molecule has 0 unspecified atom stereocenters. The Hall–Kier alpha value is -4.05. The maximum atomic E-state index is 5.90. The predicted molar refractivity (Wildman–Crippen MR) is 156 cm³/mol. The van der Waals surface area contributed by atoms with Crippen LogP contribution in [0.5, 0.6) is 28.7 Å². The Balaban J connectivity index is 1.18. The molecule has 0 aliphatic heterocycles. The van der Waals surface area contributed by atoms with Crippen molar-refractivity contribution in [3.8, 4) is 40.0 Å². The standard InChI is InChI=1S/C31H38N4O5/c1-32-16-17-35(2)23-25-22-33-34-31(25)24-4-6-26(7-5-24)38-20-21-39-28-10-14-30(15-11-28)40-29-12-8-27(9-13-29)37-19-18-36-3/h4-15,22,32H,16-21,23H2,1-3H3,(H,33,34). The van der Waals surface area contributed by atoms with Gasteiger partial charge in [0.25, 0.3) is 0 Å². The molecule has 0 aliphatic rings. The summed E-state index contributed by atoms with van der Waals surface area (Å²) in [5.41, 5.74) is 3.18. The summed E-state index contributed by atoms with van der Waals surface area (Å²) in [6.07, 6.45) is 1.96. The minimum Gasteiger partial charge on any atom is -0.491 e. The minimum absolute atomic E-state index is 0.426. The van der Waals surface area contributed by atoms with Gasteiger partial charge in [-0.25, -0.2) is 0 Å². The molecule has 0 fully saturated rings. The molecule has 0 saturated heterocycles. The van der Waals surface area contributed by atoms with E-state index in [1.807, 2.05) is 86.0 Å². The zero-order chi connectivity index (χ0) is 28.0. The number of nitrogens with zero attached hydrogens (tertiary/aromatic N) is 2. The van der Waals surface area contributed by atoms with Crippen LogP contribution >= 0.6 is 0 Å². The second kappa shape index (κ2) is 15.5. The molecule has 40 heavy (non-hydrogen) atoms. The van der Waals surface area contributed by atoms with Gasteiger partial charge in [0.15, 0.2) is 0 Å². The third-order valence-electron chi connectivity index (χ3n) is 6.09. The Morgan fingerprint density at radius 1 is 0.725 bits per heavy atom. The fraction of sp³-hybridized carbons (Fsp3) is 0.323. The highest BCUT2D eigenvalue weighted by molar-refractivity contribution is 5.63. The summed E-state index contributed by atoms with van der Waals surface area (Å²) in [7, 11) is 5.72. The number of nitrogens with one attached hydrogen (secondary N) is 2. The lowest BCUT2D eigenvalue weighted by atomic mass is 10.1. The van der Waals surface area contributed by atoms with Gasteiger partial charge >= 0.3 is 0 Å². The number of methoxy groups -OCH3 is 1. The Morgan fingerprint density at radius 2 is 1.23 bits per heavy atom. The highest BCUT2D eigenvalue weighted by atomic mass is 16.5. The molecule has 0 radical (unpaired) electrons. The number of aromatic amines is 1. The van der Waals surface area contributed by atoms with Crippen LogP contribution in [0, 0.1) is 0 Å². The third-order valence-corrected chi connectivity index (χ3v) is 6.09. The van der Waals surface area contributed by atoms with Crippen LogP contribution in [0.15, 0.2) is 79.0 Å². The zero-order valence-electron chi connectivity index (χ0n) is 23.4. The average Bonchev–Trinajstić information content (AvgIpc) is 3.44. The van der Waals surface area contributed by atoms with Crippen molar-refractivity contribution in [3.63, 3.8) is 0 Å². The van der Waals surface area contributed by atoms with Gasteiger partial charge < -0.3 is 33.9 Å². The molecule has 2 N–H and O–H groups in total. The molecule has 212 valence electrons. The van der Waals surface area contributed by atoms with Crippen molar-refractivity contribution >= 4 is 0 Å². The lowest BCUT2D eigenvalue weighted by Gasteiger charge is -2.16. The molecule has 9 heteroatoms. The van der Waals surface area contributed by atoms with Crippen molar-refractivity contribution in [2.24, 2.45) is 0 Å². The highest BCUT2D eigenvalue weighted by Crippen LogP contribution is 2.26. The van der Waals surface area contributed by atoms with Crippen LogP contribution in [-0.2, 0) is 11.3 Å². The highest BCUT2D eigenvalue weighted by Gasteiger charge is 2.11. The third kappa shape index (κ3) is 9.01. The van der Waals surface area contributed by atoms with Gasteiger partial charge in [-0.3, -0.25) is 5.10 Å². The fourth-order valence-corrected chi connectivity index (χ4v) is 3.97. The Labute approximate surface area is 236 Å². The van der Waals surface area contributed by atoms with E-state index in [1.165, 1.54) is 5.56 Å². The van der Waals surface area contributed by atoms with E-state index in [0.717, 1.165) is 59.6 Å². The molecule has 4 aromatic rings. The number of H-pyrrole nitrogens is 1. The largest absolute Gasteiger partial charge is 0.491 e. The summed E-state index contributed by atoms with van der Waals surface area (Å²) in [5.74, 6) is 3.76. The Kier molecular flexibility index (Phi) is 11.2. The lowest BCUT2D eigenvalue weighted by molar-refractivity contribution is 0.146. The average molecular weight is 547 g/mol. The first-order valence-electron chi connectivity index (χ1n) is 13.4. The summed E-state index contributed by atoms with van der Waals surface area (Å²) in [5, 5.41) is 10.6. The molecule has 0 saturated carbocycles. The zero-order valence-corrected chi connectivity index (χ0v) is 23.4. The van der Waals surface area contributed by atoms with E-state index in [0.29, 0.717) is 26.4 Å². The Morgan fingerprint density at radius 3 is 1.75 bits per heavy atom. The molecule has 0 bridgehead atoms. The van der Waals surface area contributed by atoms with Crippen molar-refractivity contribution < 1.29 is 23.7 Å². The van der Waals surface area contributed by atoms with Crippen LogP contribution in [0.2, 0.25) is 0 Å². The molecule has 0 atom stereocenters. The van der Waals surface area contributed by atoms with Gasteiger partial charge in [0.05, 0.1) is 12.3 Å². The SMILES string of the molecule is CNCCN(C)Cc1c[nH]nc1-c1ccc(OCCOc2ccc(Oc3ccc(OCCOC)cc3)cc2)cc1. The molecular formula is C31H38N4O5. The first-order valence-corrected chi connectivity index (χ1v) is 13.4. The number of likely N-dealkylation sites (N-methyl/N-ethyl adjacent to an activating group) is 2. The lowest BCUT2D eigenvalue weighted by Crippen LogP contribution is -2.26. The number of hydrogen-bond acceptors (Lipinski definition) is 8. The maximum Gasteiger partial charge on any atom is 0.127 e. The quantitative estimate of drug-likeness (QED) is 0.179. The van der Waals surface area contributed by atoms with Gasteiger partial charge in [0.2, 0.25) is 0 Å². The van der Waals surface area contributed by atoms with E-state index in [2.05, 4.69) is 27.5 Å². The first-order chi connectivity index (χ1) is 19.6. The van der Waals surface area contributed by atoms with Crippen molar-refractivity contribution in [1.82, 2.24) is 20.4 Å². The molecule has 0 amide bonds. The summed E-state index contributed by atoms with van der Waals surface area (Å²) in [6.45, 7) is 4.66. The minimum atomic E-state index is 0.426. The van der Waals surface area contributed by atoms with Gasteiger partial charge in [-0.1, -0.05) is 0 Å². The molecule has 0 spiro atoms. The van der Waals surface area contributed by atoms with Crippen molar-refractivity contribution in [2.75, 3.05) is 60.7 Å². The van der Waals surface area contributed by atoms with E-state index < -0.39 is 0 Å². The number of hydrogen-bond donors (Lipinski definition) is 2. The number of ether oxygens (including phenoxy) is 5. The molecular weight excluding hydrogens is 508 g/mol. The normalized spacial score (nSPS) is 11.0. The monoisotopic (exact) mass is 546 g/mol. The second-order valence-electron chi connectivity index (χ2n) is 9.21. The van der Waals surface area contributed by atoms with Crippen LogP contribution in [-0.4, -0.2) is 75.8 Å². The molecule has 1 heterocycles. The Bertz CT molecular complexity index is 1260. The maximum absolute atomic E-state index is 5.90. The van der Waals surface area contributed by atoms with E-state index in [9.17, 15) is 0 Å². The van der Waals surface area contributed by atoms with Crippen LogP contribution in [0.3, 0.4) is 0 Å². The van der Waals surface area contributed by atoms with Crippen molar-refractivity contribution in [1.29, 1.82) is 0 Å². The van der Waals surface area contributed by atoms with Gasteiger partial charge in [-0.15, -0.1) is 0 Å². The van der Waals surface area contributed by atoms with Gasteiger partial charge in [-0.2, -0.15) is 5.10 Å². The molecule has 9 nitrogen and oxygen atoms in total. The van der Waals surface area contributed by atoms with Crippen LogP contribution in [0.4, 0.5) is 0 Å². The molecule has 1 aromatic heterocycles. The van der Waals surface area contributed by atoms with E-state index in [-0.39, 0.29) is 0 Å². The van der Waals surface area contributed by atoms with Crippen molar-refractivity contribution in [3.05, 3.63) is 84.6 Å². The summed E-state index contributed by atoms with van der Waals surface area (Å²) < 4.78 is 28.2. The van der Waals surface area contributed by atoms with Crippen LogP contribution in [0.1, 0.15) is 5.56 Å². The van der Waals surface area contributed by atoms with E-state index in [1.54, 1.807) is 7.11 Å². The van der Waals surface area contributed by atoms with Gasteiger partial charge in [0, 0.05) is 44.1 Å². The molecule has 4 rings (SSSR count). The summed E-state index contributed by atoms with van der Waals surface area (Å²) >= 11 is 0. The first kappa shape index (κ1) is 28.9. The smallest absolute Gasteiger partial charge is 0.127 e. The van der Waals surface area contributed by atoms with E-state index in [4.69, 9.17) is 23.7 Å². The topological polar surface area (TPSA) is 90.1 Å². The number of aromatic nitrogens is 2.